The molecule has 38 heavy (non-hydrogen) atoms. The molecule has 218 valence electrons. The van der Waals surface area contributed by atoms with E-state index < -0.39 is 24.3 Å². The summed E-state index contributed by atoms with van der Waals surface area (Å²) in [6.45, 7) is 2.28. The summed E-state index contributed by atoms with van der Waals surface area (Å²) in [7, 11) is 5.84. The SMILES string of the molecule is CC/C=C\C/C=C\C/C=C\C/C=C\CCCCCCC(=O)OCC(O)COC(OCC[N+](C)(C)C)C(=O)[O-]. The summed E-state index contributed by atoms with van der Waals surface area (Å²) in [5, 5.41) is 21.0. The highest BCUT2D eigenvalue weighted by Gasteiger charge is 2.17. The van der Waals surface area contributed by atoms with Crippen LogP contribution in [0, 0.1) is 0 Å². The van der Waals surface area contributed by atoms with E-state index in [-0.39, 0.29) is 26.2 Å². The zero-order chi connectivity index (χ0) is 28.5. The molecule has 0 saturated heterocycles. The van der Waals surface area contributed by atoms with E-state index in [9.17, 15) is 19.8 Å². The molecule has 0 aliphatic rings. The molecule has 0 spiro atoms. The number of hydrogen-bond donors (Lipinski definition) is 1. The maximum absolute atomic E-state index is 11.9. The van der Waals surface area contributed by atoms with Crippen LogP contribution < -0.4 is 5.11 Å². The molecule has 2 unspecified atom stereocenters. The van der Waals surface area contributed by atoms with Gasteiger partial charge in [0.1, 0.15) is 19.3 Å². The second-order valence-electron chi connectivity index (χ2n) is 10.2. The van der Waals surface area contributed by atoms with E-state index in [0.29, 0.717) is 11.0 Å². The topological polar surface area (TPSA) is 105 Å². The second kappa shape index (κ2) is 23.8. The van der Waals surface area contributed by atoms with Gasteiger partial charge < -0.3 is 33.7 Å². The molecule has 8 nitrogen and oxygen atoms in total. The molecule has 1 N–H and O–H groups in total. The van der Waals surface area contributed by atoms with Gasteiger partial charge in [-0.2, -0.15) is 0 Å². The molecule has 0 aromatic heterocycles. The molecule has 0 amide bonds. The minimum absolute atomic E-state index is 0.163. The molecule has 0 saturated carbocycles. The van der Waals surface area contributed by atoms with Gasteiger partial charge in [0.05, 0.1) is 40.3 Å². The number of aliphatic hydroxyl groups excluding tert-OH is 1. The highest BCUT2D eigenvalue weighted by atomic mass is 16.7. The van der Waals surface area contributed by atoms with Crippen LogP contribution in [0.3, 0.4) is 0 Å². The van der Waals surface area contributed by atoms with Gasteiger partial charge in [-0.25, -0.2) is 0 Å². The van der Waals surface area contributed by atoms with Crippen molar-refractivity contribution in [2.45, 2.75) is 83.5 Å². The fraction of sp³-hybridized carbons (Fsp3) is 0.667. The fourth-order valence-electron chi connectivity index (χ4n) is 3.11. The molecule has 0 aromatic carbocycles. The predicted octanol–water partition coefficient (Wildman–Crippen LogP) is 3.85. The van der Waals surface area contributed by atoms with E-state index in [1.807, 2.05) is 21.1 Å². The third kappa shape index (κ3) is 25.4. The molecule has 8 heteroatoms. The number of quaternary nitrogens is 1. The third-order valence-corrected chi connectivity index (χ3v) is 5.32. The number of carbonyl (C=O) groups excluding carboxylic acids is 2. The van der Waals surface area contributed by atoms with Crippen molar-refractivity contribution in [3.63, 3.8) is 0 Å². The Labute approximate surface area is 230 Å². The maximum atomic E-state index is 11.9. The number of esters is 1. The number of nitrogens with zero attached hydrogens (tertiary/aromatic N) is 1. The van der Waals surface area contributed by atoms with Gasteiger partial charge in [0, 0.05) is 6.42 Å². The zero-order valence-electron chi connectivity index (χ0n) is 24.0. The van der Waals surface area contributed by atoms with Crippen molar-refractivity contribution in [3.8, 4) is 0 Å². The number of ether oxygens (including phenoxy) is 3. The summed E-state index contributed by atoms with van der Waals surface area (Å²) in [6, 6.07) is 0. The Morgan fingerprint density at radius 3 is 1.97 bits per heavy atom. The lowest BCUT2D eigenvalue weighted by Crippen LogP contribution is -2.44. The molecular formula is C30H51NO7. The van der Waals surface area contributed by atoms with Crippen molar-refractivity contribution in [2.24, 2.45) is 0 Å². The number of unbranched alkanes of at least 4 members (excludes halogenated alkanes) is 4. The Morgan fingerprint density at radius 1 is 0.816 bits per heavy atom. The van der Waals surface area contributed by atoms with Crippen LogP contribution in [0.5, 0.6) is 0 Å². The summed E-state index contributed by atoms with van der Waals surface area (Å²) in [5.74, 6) is -1.91. The van der Waals surface area contributed by atoms with Crippen LogP contribution in [0.4, 0.5) is 0 Å². The fourth-order valence-corrected chi connectivity index (χ4v) is 3.11. The van der Waals surface area contributed by atoms with Gasteiger partial charge >= 0.3 is 5.97 Å². The lowest BCUT2D eigenvalue weighted by molar-refractivity contribution is -0.870. The normalized spacial score (nSPS) is 14.2. The molecular weight excluding hydrogens is 486 g/mol. The molecule has 0 aromatic rings. The highest BCUT2D eigenvalue weighted by Crippen LogP contribution is 2.08. The molecule has 0 fully saturated rings. The van der Waals surface area contributed by atoms with Crippen LogP contribution in [0.15, 0.2) is 48.6 Å². The standard InChI is InChI=1S/C30H51NO7/c1-5-6-7-8-9-10-11-12-13-14-15-16-17-18-19-20-21-22-28(33)37-25-27(32)26-38-30(29(34)35)36-24-23-31(2,3)4/h6-7,9-10,12-13,15-16,27,30,32H,5,8,11,14,17-26H2,1-4H3/b7-6-,10-9-,13-12-,16-15-. The number of rotatable bonds is 24. The maximum Gasteiger partial charge on any atom is 0.305 e. The van der Waals surface area contributed by atoms with Crippen molar-refractivity contribution in [1.82, 2.24) is 0 Å². The lowest BCUT2D eigenvalue weighted by atomic mass is 10.1. The van der Waals surface area contributed by atoms with E-state index in [4.69, 9.17) is 14.2 Å². The van der Waals surface area contributed by atoms with Crippen LogP contribution in [-0.2, 0) is 23.8 Å². The number of allylic oxidation sites excluding steroid dienone is 8. The molecule has 0 aliphatic heterocycles. The van der Waals surface area contributed by atoms with E-state index in [0.717, 1.165) is 57.8 Å². The van der Waals surface area contributed by atoms with Crippen LogP contribution in [-0.4, -0.2) is 81.4 Å². The van der Waals surface area contributed by atoms with Crippen LogP contribution in [0.2, 0.25) is 0 Å². The predicted molar refractivity (Wildman–Crippen MR) is 149 cm³/mol. The van der Waals surface area contributed by atoms with E-state index in [1.165, 1.54) is 0 Å². The number of carboxylic acids is 1. The van der Waals surface area contributed by atoms with Gasteiger partial charge in [-0.3, -0.25) is 4.79 Å². The average Bonchev–Trinajstić information content (AvgIpc) is 2.85. The first-order valence-electron chi connectivity index (χ1n) is 13.8. The Hall–Kier alpha value is -2.26. The number of aliphatic carboxylic acids is 1. The van der Waals surface area contributed by atoms with Gasteiger partial charge in [0.15, 0.2) is 6.29 Å². The molecule has 0 rings (SSSR count). The number of likely N-dealkylation sites (N-methyl/N-ethyl adjacent to an activating group) is 1. The smallest absolute Gasteiger partial charge is 0.305 e. The van der Waals surface area contributed by atoms with Crippen molar-refractivity contribution < 1.29 is 38.5 Å². The first-order chi connectivity index (χ1) is 18.2. The highest BCUT2D eigenvalue weighted by molar-refractivity contribution is 5.69. The summed E-state index contributed by atoms with van der Waals surface area (Å²) in [5.41, 5.74) is 0. The number of carboxylic acid groups (broad SMARTS) is 1. The zero-order valence-corrected chi connectivity index (χ0v) is 24.0. The first-order valence-corrected chi connectivity index (χ1v) is 13.8. The largest absolute Gasteiger partial charge is 0.545 e. The number of carbonyl (C=O) groups is 2. The monoisotopic (exact) mass is 537 g/mol. The van der Waals surface area contributed by atoms with Crippen LogP contribution in [0.1, 0.15) is 71.1 Å². The summed E-state index contributed by atoms with van der Waals surface area (Å²) in [6.07, 6.45) is 23.9. The van der Waals surface area contributed by atoms with Crippen molar-refractivity contribution in [3.05, 3.63) is 48.6 Å². The van der Waals surface area contributed by atoms with Crippen molar-refractivity contribution in [2.75, 3.05) is 47.5 Å². The van der Waals surface area contributed by atoms with E-state index >= 15 is 0 Å². The average molecular weight is 538 g/mol. The summed E-state index contributed by atoms with van der Waals surface area (Å²) in [4.78, 5) is 23.0. The minimum atomic E-state index is -1.58. The third-order valence-electron chi connectivity index (χ3n) is 5.32. The Balaban J connectivity index is 3.75. The Bertz CT molecular complexity index is 723. The van der Waals surface area contributed by atoms with Crippen LogP contribution >= 0.6 is 0 Å². The second-order valence-corrected chi connectivity index (χ2v) is 10.2. The summed E-state index contributed by atoms with van der Waals surface area (Å²) < 4.78 is 15.9. The molecule has 0 aliphatic carbocycles. The lowest BCUT2D eigenvalue weighted by Gasteiger charge is -2.26. The van der Waals surface area contributed by atoms with Gasteiger partial charge in [-0.15, -0.1) is 0 Å². The Kier molecular flexibility index (Phi) is 22.4. The number of hydrogen-bond acceptors (Lipinski definition) is 7. The minimum Gasteiger partial charge on any atom is -0.545 e. The molecule has 0 heterocycles. The quantitative estimate of drug-likeness (QED) is 0.0655. The first kappa shape index (κ1) is 35.7. The van der Waals surface area contributed by atoms with Gasteiger partial charge in [0.2, 0.25) is 0 Å². The molecule has 0 bridgehead atoms. The van der Waals surface area contributed by atoms with Crippen molar-refractivity contribution in [1.29, 1.82) is 0 Å². The van der Waals surface area contributed by atoms with Gasteiger partial charge in [0.25, 0.3) is 0 Å². The van der Waals surface area contributed by atoms with E-state index in [2.05, 4.69) is 55.5 Å². The van der Waals surface area contributed by atoms with Gasteiger partial charge in [-0.05, 0) is 44.9 Å². The molecule has 0 radical (unpaired) electrons. The number of aliphatic hydroxyl groups is 1. The summed E-state index contributed by atoms with van der Waals surface area (Å²) >= 11 is 0. The van der Waals surface area contributed by atoms with E-state index in [1.54, 1.807) is 0 Å². The van der Waals surface area contributed by atoms with Gasteiger partial charge in [-0.1, -0.05) is 68.4 Å². The Morgan fingerprint density at radius 2 is 1.39 bits per heavy atom. The van der Waals surface area contributed by atoms with Crippen LogP contribution in [0.25, 0.3) is 0 Å². The molecule has 2 atom stereocenters. The van der Waals surface area contributed by atoms with Crippen molar-refractivity contribution >= 4 is 11.9 Å².